The van der Waals surface area contributed by atoms with Gasteiger partial charge in [0.05, 0.1) is 0 Å². The predicted octanol–water partition coefficient (Wildman–Crippen LogP) is 5.46. The molecular weight excluding hydrogens is 250 g/mol. The minimum Gasteiger partial charge on any atom is -0.310 e. The topological polar surface area (TPSA) is 12.0 Å². The van der Waals surface area contributed by atoms with Crippen molar-refractivity contribution in [1.82, 2.24) is 5.32 Å². The number of thiophene rings is 1. The Balaban J connectivity index is 1.98. The van der Waals surface area contributed by atoms with E-state index in [2.05, 4.69) is 30.6 Å². The lowest BCUT2D eigenvalue weighted by Gasteiger charge is -2.24. The summed E-state index contributed by atoms with van der Waals surface area (Å²) in [7, 11) is 0. The van der Waals surface area contributed by atoms with Crippen molar-refractivity contribution in [2.24, 2.45) is 5.92 Å². The van der Waals surface area contributed by atoms with Gasteiger partial charge in [-0.3, -0.25) is 0 Å². The maximum atomic E-state index is 3.79. The molecule has 0 aliphatic heterocycles. The third kappa shape index (κ3) is 4.61. The Kier molecular flexibility index (Phi) is 6.39. The largest absolute Gasteiger partial charge is 0.310 e. The van der Waals surface area contributed by atoms with E-state index in [1.54, 1.807) is 5.56 Å². The van der Waals surface area contributed by atoms with E-state index in [1.165, 1.54) is 56.2 Å². The number of nitrogens with one attached hydrogen (secondary N) is 1. The first kappa shape index (κ1) is 15.1. The quantitative estimate of drug-likeness (QED) is 0.682. The lowest BCUT2D eigenvalue weighted by Crippen LogP contribution is -2.24. The second-order valence-corrected chi connectivity index (χ2v) is 7.15. The highest BCUT2D eigenvalue weighted by molar-refractivity contribution is 7.10. The first-order valence-electron chi connectivity index (χ1n) is 8.08. The molecule has 2 heteroatoms. The van der Waals surface area contributed by atoms with Crippen molar-refractivity contribution in [2.75, 3.05) is 6.54 Å². The van der Waals surface area contributed by atoms with Crippen LogP contribution < -0.4 is 5.32 Å². The zero-order valence-corrected chi connectivity index (χ0v) is 13.4. The fraction of sp³-hybridized carbons (Fsp3) is 0.765. The molecule has 1 heterocycles. The summed E-state index contributed by atoms with van der Waals surface area (Å²) < 4.78 is 0. The van der Waals surface area contributed by atoms with Gasteiger partial charge < -0.3 is 5.32 Å². The Morgan fingerprint density at radius 1 is 1.26 bits per heavy atom. The smallest absolute Gasteiger partial charge is 0.0333 e. The van der Waals surface area contributed by atoms with Crippen LogP contribution in [0.25, 0.3) is 0 Å². The van der Waals surface area contributed by atoms with Gasteiger partial charge in [-0.25, -0.2) is 0 Å². The van der Waals surface area contributed by atoms with Gasteiger partial charge in [0.2, 0.25) is 0 Å². The van der Waals surface area contributed by atoms with E-state index in [0.717, 1.165) is 12.5 Å². The van der Waals surface area contributed by atoms with Crippen LogP contribution in [0.4, 0.5) is 0 Å². The molecule has 1 unspecified atom stereocenters. The summed E-state index contributed by atoms with van der Waals surface area (Å²) in [5, 5.41) is 6.04. The van der Waals surface area contributed by atoms with Crippen molar-refractivity contribution in [1.29, 1.82) is 0 Å². The Morgan fingerprint density at radius 2 is 2.00 bits per heavy atom. The van der Waals surface area contributed by atoms with Gasteiger partial charge in [0, 0.05) is 10.9 Å². The van der Waals surface area contributed by atoms with Crippen LogP contribution in [-0.4, -0.2) is 6.54 Å². The van der Waals surface area contributed by atoms with Gasteiger partial charge in [-0.15, -0.1) is 11.3 Å². The SMILES string of the molecule is CCCNC(CC1CCCCCC1)c1ccsc1C. The number of aryl methyl sites for hydroxylation is 1. The van der Waals surface area contributed by atoms with E-state index in [4.69, 9.17) is 0 Å². The molecule has 0 amide bonds. The van der Waals surface area contributed by atoms with Gasteiger partial charge in [0.25, 0.3) is 0 Å². The van der Waals surface area contributed by atoms with Crippen LogP contribution in [0.15, 0.2) is 11.4 Å². The molecule has 1 aromatic rings. The monoisotopic (exact) mass is 279 g/mol. The van der Waals surface area contributed by atoms with Crippen LogP contribution >= 0.6 is 11.3 Å². The summed E-state index contributed by atoms with van der Waals surface area (Å²) in [6, 6.07) is 2.93. The van der Waals surface area contributed by atoms with Gasteiger partial charge in [0.1, 0.15) is 0 Å². The first-order chi connectivity index (χ1) is 9.31. The zero-order valence-electron chi connectivity index (χ0n) is 12.6. The zero-order chi connectivity index (χ0) is 13.5. The molecule has 2 rings (SSSR count). The van der Waals surface area contributed by atoms with Gasteiger partial charge in [-0.2, -0.15) is 0 Å². The highest BCUT2D eigenvalue weighted by Gasteiger charge is 2.20. The van der Waals surface area contributed by atoms with E-state index in [-0.39, 0.29) is 0 Å². The van der Waals surface area contributed by atoms with Gasteiger partial charge in [-0.05, 0) is 49.2 Å². The van der Waals surface area contributed by atoms with Gasteiger partial charge in [0.15, 0.2) is 0 Å². The Bertz CT molecular complexity index is 350. The molecule has 1 aliphatic rings. The van der Waals surface area contributed by atoms with E-state index in [9.17, 15) is 0 Å². The van der Waals surface area contributed by atoms with E-state index < -0.39 is 0 Å². The molecule has 1 nitrogen and oxygen atoms in total. The summed E-state index contributed by atoms with van der Waals surface area (Å²) in [5.41, 5.74) is 1.56. The number of hydrogen-bond donors (Lipinski definition) is 1. The summed E-state index contributed by atoms with van der Waals surface area (Å²) in [6.07, 6.45) is 11.3. The van der Waals surface area contributed by atoms with E-state index >= 15 is 0 Å². The molecule has 0 spiro atoms. The summed E-state index contributed by atoms with van der Waals surface area (Å²) in [4.78, 5) is 1.50. The molecule has 1 saturated carbocycles. The first-order valence-corrected chi connectivity index (χ1v) is 8.96. The molecule has 0 radical (unpaired) electrons. The maximum Gasteiger partial charge on any atom is 0.0333 e. The van der Waals surface area contributed by atoms with Crippen LogP contribution in [0, 0.1) is 12.8 Å². The Morgan fingerprint density at radius 3 is 2.58 bits per heavy atom. The minimum atomic E-state index is 0.592. The molecule has 0 saturated heterocycles. The van der Waals surface area contributed by atoms with Crippen molar-refractivity contribution < 1.29 is 0 Å². The van der Waals surface area contributed by atoms with Crippen molar-refractivity contribution >= 4 is 11.3 Å². The third-order valence-electron chi connectivity index (χ3n) is 4.46. The fourth-order valence-corrected chi connectivity index (χ4v) is 4.09. The van der Waals surface area contributed by atoms with Gasteiger partial charge in [-0.1, -0.05) is 45.4 Å². The molecule has 1 fully saturated rings. The van der Waals surface area contributed by atoms with Crippen molar-refractivity contribution in [2.45, 2.75) is 71.3 Å². The lowest BCUT2D eigenvalue weighted by atomic mass is 9.89. The molecule has 1 aromatic heterocycles. The fourth-order valence-electron chi connectivity index (χ4n) is 3.33. The summed E-state index contributed by atoms with van der Waals surface area (Å²) in [5.74, 6) is 0.941. The lowest BCUT2D eigenvalue weighted by molar-refractivity contribution is 0.356. The molecular formula is C17H29NS. The number of hydrogen-bond acceptors (Lipinski definition) is 2. The van der Waals surface area contributed by atoms with Crippen LogP contribution in [0.3, 0.4) is 0 Å². The Hall–Kier alpha value is -0.340. The summed E-state index contributed by atoms with van der Waals surface area (Å²) in [6.45, 7) is 5.68. The highest BCUT2D eigenvalue weighted by atomic mass is 32.1. The maximum absolute atomic E-state index is 3.79. The second kappa shape index (κ2) is 8.06. The molecule has 1 aliphatic carbocycles. The average Bonchev–Trinajstić information content (AvgIpc) is 2.68. The molecule has 0 aromatic carbocycles. The average molecular weight is 279 g/mol. The molecule has 1 N–H and O–H groups in total. The van der Waals surface area contributed by atoms with Crippen LogP contribution in [0.2, 0.25) is 0 Å². The number of rotatable bonds is 6. The van der Waals surface area contributed by atoms with Crippen molar-refractivity contribution in [3.8, 4) is 0 Å². The normalized spacial score (nSPS) is 19.3. The van der Waals surface area contributed by atoms with Crippen LogP contribution in [0.1, 0.15) is 74.8 Å². The Labute approximate surface area is 122 Å². The van der Waals surface area contributed by atoms with Crippen molar-refractivity contribution in [3.05, 3.63) is 21.9 Å². The minimum absolute atomic E-state index is 0.592. The van der Waals surface area contributed by atoms with Crippen molar-refractivity contribution in [3.63, 3.8) is 0 Å². The van der Waals surface area contributed by atoms with Crippen LogP contribution in [0.5, 0.6) is 0 Å². The molecule has 19 heavy (non-hydrogen) atoms. The molecule has 108 valence electrons. The molecule has 1 atom stereocenters. The predicted molar refractivity (Wildman–Crippen MR) is 85.9 cm³/mol. The second-order valence-electron chi connectivity index (χ2n) is 6.03. The highest BCUT2D eigenvalue weighted by Crippen LogP contribution is 2.33. The van der Waals surface area contributed by atoms with Crippen LogP contribution in [-0.2, 0) is 0 Å². The van der Waals surface area contributed by atoms with E-state index in [0.29, 0.717) is 6.04 Å². The summed E-state index contributed by atoms with van der Waals surface area (Å²) >= 11 is 1.89. The standard InChI is InChI=1S/C17H29NS/c1-3-11-18-17(16-10-12-19-14(16)2)13-15-8-6-4-5-7-9-15/h10,12,15,17-18H,3-9,11,13H2,1-2H3. The third-order valence-corrected chi connectivity index (χ3v) is 5.32. The molecule has 0 bridgehead atoms. The van der Waals surface area contributed by atoms with Gasteiger partial charge >= 0.3 is 0 Å². The van der Waals surface area contributed by atoms with E-state index in [1.807, 2.05) is 11.3 Å².